The molecule has 2 aliphatic heterocycles. The number of nitrogens with zero attached hydrogens (tertiary/aromatic N) is 2. The third-order valence-electron chi connectivity index (χ3n) is 5.09. The van der Waals surface area contributed by atoms with Gasteiger partial charge in [-0.1, -0.05) is 17.7 Å². The number of hydrogen-bond acceptors (Lipinski definition) is 3. The number of methoxy groups -OCH3 is 1. The highest BCUT2D eigenvalue weighted by Crippen LogP contribution is 2.43. The number of hydrogen-bond donors (Lipinski definition) is 0. The number of likely N-dealkylation sites (tertiary alicyclic amines) is 2. The van der Waals surface area contributed by atoms with E-state index in [1.807, 2.05) is 17.0 Å². The van der Waals surface area contributed by atoms with E-state index in [2.05, 4.69) is 11.9 Å². The lowest BCUT2D eigenvalue weighted by Crippen LogP contribution is -2.38. The lowest BCUT2D eigenvalue weighted by molar-refractivity contribution is 0.0716. The third-order valence-corrected chi connectivity index (χ3v) is 5.33. The quantitative estimate of drug-likeness (QED) is 0.856. The molecule has 1 aromatic rings. The molecule has 2 aliphatic rings. The maximum absolute atomic E-state index is 12.7. The summed E-state index contributed by atoms with van der Waals surface area (Å²) in [4.78, 5) is 17.0. The third kappa shape index (κ3) is 2.87. The summed E-state index contributed by atoms with van der Waals surface area (Å²) in [7, 11) is 3.91. The SMILES string of the molecule is COC[C@@H]1CN(C)C[C@@]12CCN(C(=O)c1cccc(Cl)c1)C2. The van der Waals surface area contributed by atoms with Gasteiger partial charge < -0.3 is 14.5 Å². The number of halogens is 1. The van der Waals surface area contributed by atoms with Gasteiger partial charge in [-0.2, -0.15) is 0 Å². The Morgan fingerprint density at radius 1 is 1.45 bits per heavy atom. The second-order valence-corrected chi connectivity index (χ2v) is 7.13. The Bertz CT molecular complexity index is 565. The number of carbonyl (C=O) groups excluding carboxylic acids is 1. The number of rotatable bonds is 3. The smallest absolute Gasteiger partial charge is 0.253 e. The van der Waals surface area contributed by atoms with Crippen LogP contribution in [0.2, 0.25) is 5.02 Å². The molecule has 0 bridgehead atoms. The summed E-state index contributed by atoms with van der Waals surface area (Å²) < 4.78 is 5.41. The van der Waals surface area contributed by atoms with Gasteiger partial charge in [0, 0.05) is 55.2 Å². The van der Waals surface area contributed by atoms with Crippen LogP contribution in [-0.4, -0.2) is 62.7 Å². The number of benzene rings is 1. The average Bonchev–Trinajstić information content (AvgIpc) is 3.03. The van der Waals surface area contributed by atoms with Crippen molar-refractivity contribution in [2.75, 3.05) is 46.9 Å². The Morgan fingerprint density at radius 3 is 3.00 bits per heavy atom. The largest absolute Gasteiger partial charge is 0.384 e. The average molecular weight is 323 g/mol. The van der Waals surface area contributed by atoms with Crippen LogP contribution >= 0.6 is 11.6 Å². The Balaban J connectivity index is 1.75. The minimum atomic E-state index is 0.0881. The van der Waals surface area contributed by atoms with Crippen molar-refractivity contribution < 1.29 is 9.53 Å². The zero-order valence-corrected chi connectivity index (χ0v) is 14.0. The molecule has 0 N–H and O–H groups in total. The van der Waals surface area contributed by atoms with E-state index < -0.39 is 0 Å². The van der Waals surface area contributed by atoms with E-state index in [9.17, 15) is 4.79 Å². The van der Waals surface area contributed by atoms with E-state index in [4.69, 9.17) is 16.3 Å². The number of carbonyl (C=O) groups is 1. The maximum Gasteiger partial charge on any atom is 0.253 e. The van der Waals surface area contributed by atoms with Crippen molar-refractivity contribution in [3.63, 3.8) is 0 Å². The highest BCUT2D eigenvalue weighted by atomic mass is 35.5. The molecule has 22 heavy (non-hydrogen) atoms. The minimum absolute atomic E-state index is 0.0881. The predicted molar refractivity (Wildman–Crippen MR) is 87.3 cm³/mol. The lowest BCUT2D eigenvalue weighted by Gasteiger charge is -2.30. The number of ether oxygens (including phenoxy) is 1. The van der Waals surface area contributed by atoms with Gasteiger partial charge in [0.25, 0.3) is 5.91 Å². The topological polar surface area (TPSA) is 32.8 Å². The van der Waals surface area contributed by atoms with E-state index in [1.165, 1.54) is 0 Å². The predicted octanol–water partition coefficient (Wildman–Crippen LogP) is 2.38. The summed E-state index contributed by atoms with van der Waals surface area (Å²) in [5.74, 6) is 0.588. The Labute approximate surface area is 137 Å². The summed E-state index contributed by atoms with van der Waals surface area (Å²) in [6.07, 6.45) is 1.05. The van der Waals surface area contributed by atoms with Crippen molar-refractivity contribution in [3.8, 4) is 0 Å². The van der Waals surface area contributed by atoms with E-state index in [0.717, 1.165) is 39.2 Å². The fourth-order valence-electron chi connectivity index (χ4n) is 4.07. The van der Waals surface area contributed by atoms with Gasteiger partial charge in [-0.3, -0.25) is 4.79 Å². The normalized spacial score (nSPS) is 28.7. The molecular formula is C17H23ClN2O2. The molecule has 0 unspecified atom stereocenters. The van der Waals surface area contributed by atoms with Crippen molar-refractivity contribution in [1.82, 2.24) is 9.80 Å². The van der Waals surface area contributed by atoms with Gasteiger partial charge in [-0.05, 0) is 31.7 Å². The minimum Gasteiger partial charge on any atom is -0.384 e. The molecule has 0 aliphatic carbocycles. The standard InChI is InChI=1S/C17H23ClN2O2/c1-19-9-14(10-22-2)17(11-19)6-7-20(12-17)16(21)13-4-3-5-15(18)8-13/h3-5,8,14H,6-7,9-12H2,1-2H3/t14-,17+/m0/s1. The molecule has 2 atom stereocenters. The first-order valence-corrected chi connectivity index (χ1v) is 8.14. The molecule has 5 heteroatoms. The van der Waals surface area contributed by atoms with Gasteiger partial charge >= 0.3 is 0 Å². The first kappa shape index (κ1) is 15.8. The molecule has 2 fully saturated rings. The molecule has 4 nitrogen and oxygen atoms in total. The van der Waals surface area contributed by atoms with Crippen LogP contribution in [0.1, 0.15) is 16.8 Å². The van der Waals surface area contributed by atoms with Gasteiger partial charge in [0.1, 0.15) is 0 Å². The second kappa shape index (κ2) is 6.19. The van der Waals surface area contributed by atoms with Crippen molar-refractivity contribution in [1.29, 1.82) is 0 Å². The summed E-state index contributed by atoms with van der Waals surface area (Å²) in [6.45, 7) is 4.49. The van der Waals surface area contributed by atoms with Crippen molar-refractivity contribution >= 4 is 17.5 Å². The molecule has 3 rings (SSSR count). The molecule has 120 valence electrons. The molecule has 1 aromatic carbocycles. The summed E-state index contributed by atoms with van der Waals surface area (Å²) in [6, 6.07) is 7.22. The van der Waals surface area contributed by atoms with Crippen LogP contribution < -0.4 is 0 Å². The first-order chi connectivity index (χ1) is 10.5. The Morgan fingerprint density at radius 2 is 2.27 bits per heavy atom. The molecule has 2 heterocycles. The van der Waals surface area contributed by atoms with Crippen LogP contribution in [0.3, 0.4) is 0 Å². The summed E-state index contributed by atoms with van der Waals surface area (Å²) in [5, 5.41) is 0.609. The van der Waals surface area contributed by atoms with Crippen molar-refractivity contribution in [3.05, 3.63) is 34.9 Å². The van der Waals surface area contributed by atoms with Crippen LogP contribution in [0.5, 0.6) is 0 Å². The zero-order valence-electron chi connectivity index (χ0n) is 13.2. The van der Waals surface area contributed by atoms with Gasteiger partial charge in [-0.15, -0.1) is 0 Å². The highest BCUT2D eigenvalue weighted by Gasteiger charge is 2.50. The Kier molecular flexibility index (Phi) is 4.44. The van der Waals surface area contributed by atoms with Gasteiger partial charge in [0.2, 0.25) is 0 Å². The first-order valence-electron chi connectivity index (χ1n) is 7.76. The van der Waals surface area contributed by atoms with Gasteiger partial charge in [0.15, 0.2) is 0 Å². The van der Waals surface area contributed by atoms with E-state index in [1.54, 1.807) is 19.2 Å². The Hall–Kier alpha value is -1.10. The van der Waals surface area contributed by atoms with Crippen LogP contribution in [0.15, 0.2) is 24.3 Å². The maximum atomic E-state index is 12.7. The van der Waals surface area contributed by atoms with Crippen molar-refractivity contribution in [2.45, 2.75) is 6.42 Å². The van der Waals surface area contributed by atoms with Gasteiger partial charge in [-0.25, -0.2) is 0 Å². The molecule has 0 aromatic heterocycles. The molecule has 2 saturated heterocycles. The van der Waals surface area contributed by atoms with Crippen molar-refractivity contribution in [2.24, 2.45) is 11.3 Å². The zero-order chi connectivity index (χ0) is 15.7. The number of amides is 1. The highest BCUT2D eigenvalue weighted by molar-refractivity contribution is 6.30. The summed E-state index contributed by atoms with van der Waals surface area (Å²) >= 11 is 6.01. The van der Waals surface area contributed by atoms with E-state index in [-0.39, 0.29) is 11.3 Å². The molecule has 1 spiro atoms. The van der Waals surface area contributed by atoms with E-state index in [0.29, 0.717) is 16.5 Å². The fraction of sp³-hybridized carbons (Fsp3) is 0.588. The van der Waals surface area contributed by atoms with Crippen LogP contribution in [-0.2, 0) is 4.74 Å². The fourth-order valence-corrected chi connectivity index (χ4v) is 4.26. The monoisotopic (exact) mass is 322 g/mol. The van der Waals surface area contributed by atoms with Gasteiger partial charge in [0.05, 0.1) is 6.61 Å². The summed E-state index contributed by atoms with van der Waals surface area (Å²) in [5.41, 5.74) is 0.859. The molecular weight excluding hydrogens is 300 g/mol. The molecule has 0 saturated carbocycles. The molecule has 1 amide bonds. The van der Waals surface area contributed by atoms with Crippen LogP contribution in [0, 0.1) is 11.3 Å². The second-order valence-electron chi connectivity index (χ2n) is 6.70. The van der Waals surface area contributed by atoms with Crippen LogP contribution in [0.4, 0.5) is 0 Å². The molecule has 0 radical (unpaired) electrons. The van der Waals surface area contributed by atoms with Crippen LogP contribution in [0.25, 0.3) is 0 Å². The lowest BCUT2D eigenvalue weighted by atomic mass is 9.77. The van der Waals surface area contributed by atoms with E-state index >= 15 is 0 Å².